The summed E-state index contributed by atoms with van der Waals surface area (Å²) in [6.45, 7) is 1.88. The van der Waals surface area contributed by atoms with Crippen molar-refractivity contribution in [1.82, 2.24) is 0 Å². The van der Waals surface area contributed by atoms with Crippen molar-refractivity contribution in [3.63, 3.8) is 0 Å². The Hall–Kier alpha value is -1.64. The van der Waals surface area contributed by atoms with Gasteiger partial charge in [-0.25, -0.2) is 4.18 Å². The van der Waals surface area contributed by atoms with Gasteiger partial charge in [0, 0.05) is 11.8 Å². The summed E-state index contributed by atoms with van der Waals surface area (Å²) in [4.78, 5) is 0.101. The molecule has 4 nitrogen and oxygen atoms in total. The van der Waals surface area contributed by atoms with Gasteiger partial charge < -0.3 is 0 Å². The Morgan fingerprint density at radius 2 is 1.75 bits per heavy atom. The van der Waals surface area contributed by atoms with Gasteiger partial charge >= 0.3 is 0 Å². The smallest absolute Gasteiger partial charge is 0.243 e. The number of rotatable bonds is 3. The maximum atomic E-state index is 12.4. The van der Waals surface area contributed by atoms with Crippen molar-refractivity contribution in [2.45, 2.75) is 30.3 Å². The minimum Gasteiger partial charge on any atom is -0.243 e. The van der Waals surface area contributed by atoms with Crippen LogP contribution in [0.5, 0.6) is 0 Å². The van der Waals surface area contributed by atoms with Crippen LogP contribution >= 0.6 is 0 Å². The molecular formula is C15H15NO3S. The van der Waals surface area contributed by atoms with E-state index in [1.54, 1.807) is 12.1 Å². The van der Waals surface area contributed by atoms with E-state index in [9.17, 15) is 13.7 Å². The summed E-state index contributed by atoms with van der Waals surface area (Å²) >= 11 is 0. The van der Waals surface area contributed by atoms with Crippen LogP contribution < -0.4 is 0 Å². The van der Waals surface area contributed by atoms with Gasteiger partial charge in [-0.3, -0.25) is 0 Å². The summed E-state index contributed by atoms with van der Waals surface area (Å²) in [5.74, 6) is -0.254. The Balaban J connectivity index is 1.94. The highest BCUT2D eigenvalue weighted by atomic mass is 32.2. The highest BCUT2D eigenvalue weighted by Crippen LogP contribution is 2.50. The van der Waals surface area contributed by atoms with E-state index in [-0.39, 0.29) is 16.7 Å². The molecule has 0 radical (unpaired) electrons. The highest BCUT2D eigenvalue weighted by molar-refractivity contribution is 7.86. The van der Waals surface area contributed by atoms with Crippen LogP contribution in [0, 0.1) is 30.1 Å². The van der Waals surface area contributed by atoms with Crippen molar-refractivity contribution in [3.05, 3.63) is 42.0 Å². The lowest BCUT2D eigenvalue weighted by atomic mass is 9.92. The fourth-order valence-electron chi connectivity index (χ4n) is 3.05. The fourth-order valence-corrected chi connectivity index (χ4v) is 4.27. The maximum Gasteiger partial charge on any atom is 0.298 e. The number of aryl methyl sites for hydroxylation is 1. The summed E-state index contributed by atoms with van der Waals surface area (Å²) in [6.07, 6.45) is 5.42. The van der Waals surface area contributed by atoms with Crippen LogP contribution in [0.15, 0.2) is 41.3 Å². The van der Waals surface area contributed by atoms with E-state index < -0.39 is 15.7 Å². The Morgan fingerprint density at radius 1 is 1.20 bits per heavy atom. The van der Waals surface area contributed by atoms with Gasteiger partial charge in [-0.05, 0) is 31.9 Å². The Bertz CT molecular complexity index is 684. The van der Waals surface area contributed by atoms with Gasteiger partial charge in [0.2, 0.25) is 0 Å². The quantitative estimate of drug-likeness (QED) is 0.633. The first kappa shape index (κ1) is 13.3. The largest absolute Gasteiger partial charge is 0.298 e. The van der Waals surface area contributed by atoms with E-state index in [0.717, 1.165) is 18.4 Å². The average molecular weight is 289 g/mol. The van der Waals surface area contributed by atoms with Crippen molar-refractivity contribution in [1.29, 1.82) is 5.26 Å². The lowest BCUT2D eigenvalue weighted by molar-refractivity contribution is 0.0968. The molecule has 0 amide bonds. The first-order chi connectivity index (χ1) is 9.48. The topological polar surface area (TPSA) is 67.2 Å². The van der Waals surface area contributed by atoms with Crippen LogP contribution in [0.4, 0.5) is 0 Å². The molecule has 1 saturated carbocycles. The van der Waals surface area contributed by atoms with Crippen molar-refractivity contribution in [2.75, 3.05) is 0 Å². The molecule has 104 valence electrons. The Labute approximate surface area is 118 Å². The summed E-state index contributed by atoms with van der Waals surface area (Å²) in [6, 6.07) is 8.58. The Kier molecular flexibility index (Phi) is 2.96. The molecule has 0 heterocycles. The molecule has 1 fully saturated rings. The maximum absolute atomic E-state index is 12.4. The monoisotopic (exact) mass is 289 g/mol. The molecule has 5 heteroatoms. The predicted molar refractivity (Wildman–Crippen MR) is 73.1 cm³/mol. The van der Waals surface area contributed by atoms with E-state index in [1.165, 1.54) is 12.1 Å². The van der Waals surface area contributed by atoms with E-state index in [4.69, 9.17) is 4.18 Å². The van der Waals surface area contributed by atoms with Gasteiger partial charge in [-0.15, -0.1) is 0 Å². The van der Waals surface area contributed by atoms with Crippen LogP contribution in [-0.2, 0) is 14.3 Å². The number of hydrogen-bond acceptors (Lipinski definition) is 4. The lowest BCUT2D eigenvalue weighted by Gasteiger charge is -2.26. The van der Waals surface area contributed by atoms with Crippen molar-refractivity contribution in [3.8, 4) is 6.07 Å². The highest BCUT2D eigenvalue weighted by Gasteiger charge is 2.56. The van der Waals surface area contributed by atoms with Crippen LogP contribution in [0.2, 0.25) is 0 Å². The second kappa shape index (κ2) is 4.44. The minimum atomic E-state index is -3.92. The minimum absolute atomic E-state index is 0.101. The van der Waals surface area contributed by atoms with Gasteiger partial charge in [-0.2, -0.15) is 13.7 Å². The summed E-state index contributed by atoms with van der Waals surface area (Å²) < 4.78 is 30.2. The molecular weight excluding hydrogens is 274 g/mol. The van der Waals surface area contributed by atoms with Gasteiger partial charge in [-0.1, -0.05) is 29.8 Å². The predicted octanol–water partition coefficient (Wildman–Crippen LogP) is 2.56. The van der Waals surface area contributed by atoms with Crippen LogP contribution in [-0.4, -0.2) is 14.0 Å². The summed E-state index contributed by atoms with van der Waals surface area (Å²) in [5, 5.41) is 9.47. The van der Waals surface area contributed by atoms with Gasteiger partial charge in [0.25, 0.3) is 10.1 Å². The van der Waals surface area contributed by atoms with Gasteiger partial charge in [0.15, 0.2) is 5.60 Å². The zero-order valence-electron chi connectivity index (χ0n) is 11.1. The standard InChI is InChI=1S/C15H15NO3S/c1-11-2-8-14(9-3-11)20(17,18)19-15(10-16)12-4-5-13(15)7-6-12/h2-5,8-9,12-13H,6-7H2,1H3. The molecule has 2 aliphatic rings. The van der Waals surface area contributed by atoms with Gasteiger partial charge in [0.1, 0.15) is 6.07 Å². The number of nitriles is 1. The second-order valence-corrected chi connectivity index (χ2v) is 6.98. The molecule has 0 spiro atoms. The number of benzene rings is 1. The SMILES string of the molecule is Cc1ccc(S(=O)(=O)OC2(C#N)C3C=CC2CC3)cc1. The van der Waals surface area contributed by atoms with Crippen LogP contribution in [0.25, 0.3) is 0 Å². The molecule has 0 aliphatic heterocycles. The number of nitrogens with zero attached hydrogens (tertiary/aromatic N) is 1. The van der Waals surface area contributed by atoms with Crippen LogP contribution in [0.3, 0.4) is 0 Å². The molecule has 1 aromatic rings. The molecule has 0 saturated heterocycles. The molecule has 0 aromatic heterocycles. The zero-order valence-corrected chi connectivity index (χ0v) is 11.9. The summed E-state index contributed by atoms with van der Waals surface area (Å²) in [7, 11) is -3.92. The van der Waals surface area contributed by atoms with Crippen molar-refractivity contribution >= 4 is 10.1 Å². The van der Waals surface area contributed by atoms with E-state index >= 15 is 0 Å². The first-order valence-corrected chi connectivity index (χ1v) is 8.01. The third kappa shape index (κ3) is 1.88. The molecule has 20 heavy (non-hydrogen) atoms. The second-order valence-electron chi connectivity index (χ2n) is 5.43. The van der Waals surface area contributed by atoms with Gasteiger partial charge in [0.05, 0.1) is 4.90 Å². The molecule has 2 aliphatic carbocycles. The summed E-state index contributed by atoms with van der Waals surface area (Å²) in [5.41, 5.74) is -0.273. The van der Waals surface area contributed by atoms with E-state index in [1.807, 2.05) is 19.1 Å². The van der Waals surface area contributed by atoms with E-state index in [2.05, 4.69) is 6.07 Å². The molecule has 2 unspecified atom stereocenters. The molecule has 2 atom stereocenters. The lowest BCUT2D eigenvalue weighted by Crippen LogP contribution is -2.39. The molecule has 1 aromatic carbocycles. The van der Waals surface area contributed by atoms with E-state index in [0.29, 0.717) is 0 Å². The average Bonchev–Trinajstić information content (AvgIpc) is 2.94. The number of fused-ring (bicyclic) bond motifs is 2. The molecule has 3 rings (SSSR count). The third-order valence-corrected chi connectivity index (χ3v) is 5.54. The normalized spacial score (nSPS) is 31.4. The third-order valence-electron chi connectivity index (χ3n) is 4.20. The molecule has 2 bridgehead atoms. The number of hydrogen-bond donors (Lipinski definition) is 0. The van der Waals surface area contributed by atoms with Crippen LogP contribution in [0.1, 0.15) is 18.4 Å². The first-order valence-electron chi connectivity index (χ1n) is 6.60. The fraction of sp³-hybridized carbons (Fsp3) is 0.400. The molecule has 0 N–H and O–H groups in total. The Morgan fingerprint density at radius 3 is 2.20 bits per heavy atom. The van der Waals surface area contributed by atoms with Crippen molar-refractivity contribution in [2.24, 2.45) is 11.8 Å². The zero-order chi connectivity index (χ0) is 14.4. The van der Waals surface area contributed by atoms with Crippen molar-refractivity contribution < 1.29 is 12.6 Å².